The second kappa shape index (κ2) is 4.21. The second-order valence-electron chi connectivity index (χ2n) is 5.90. The molecule has 1 aliphatic carbocycles. The quantitative estimate of drug-likeness (QED) is 0.613. The van der Waals surface area contributed by atoms with Gasteiger partial charge in [0.2, 0.25) is 0 Å². The van der Waals surface area contributed by atoms with E-state index in [9.17, 15) is 0 Å². The van der Waals surface area contributed by atoms with E-state index in [1.807, 2.05) is 22.7 Å². The summed E-state index contributed by atoms with van der Waals surface area (Å²) in [5, 5.41) is 0. The summed E-state index contributed by atoms with van der Waals surface area (Å²) in [6, 6.07) is 4.88. The molecule has 2 heteroatoms. The molecule has 96 valence electrons. The Bertz CT molecular complexity index is 532. The number of thiophene rings is 2. The third-order valence-electron chi connectivity index (χ3n) is 3.84. The second-order valence-corrected chi connectivity index (χ2v) is 8.07. The van der Waals surface area contributed by atoms with Crippen molar-refractivity contribution in [2.45, 2.75) is 52.4 Å². The van der Waals surface area contributed by atoms with Crippen LogP contribution in [0.1, 0.15) is 73.3 Å². The van der Waals surface area contributed by atoms with Gasteiger partial charge in [-0.1, -0.05) is 34.6 Å². The molecule has 0 fully saturated rings. The topological polar surface area (TPSA) is 0 Å². The normalized spacial score (nSPS) is 14.6. The lowest BCUT2D eigenvalue weighted by atomic mass is 9.99. The zero-order chi connectivity index (χ0) is 13.0. The average molecular weight is 276 g/mol. The molecule has 0 amide bonds. The first-order valence-electron chi connectivity index (χ1n) is 6.76. The number of rotatable bonds is 2. The summed E-state index contributed by atoms with van der Waals surface area (Å²) < 4.78 is 0. The lowest BCUT2D eigenvalue weighted by Gasteiger charge is -2.04. The lowest BCUT2D eigenvalue weighted by Crippen LogP contribution is -1.89. The molecule has 2 aromatic heterocycles. The first-order valence-corrected chi connectivity index (χ1v) is 8.40. The van der Waals surface area contributed by atoms with Crippen molar-refractivity contribution < 1.29 is 0 Å². The van der Waals surface area contributed by atoms with Crippen molar-refractivity contribution in [1.82, 2.24) is 0 Å². The molecule has 0 aliphatic heterocycles. The van der Waals surface area contributed by atoms with Crippen LogP contribution in [0.25, 0.3) is 9.75 Å². The minimum absolute atomic E-state index is 0.600. The summed E-state index contributed by atoms with van der Waals surface area (Å²) in [4.78, 5) is 6.19. The Morgan fingerprint density at radius 3 is 1.56 bits per heavy atom. The van der Waals surface area contributed by atoms with E-state index >= 15 is 0 Å². The first kappa shape index (κ1) is 12.4. The zero-order valence-electron chi connectivity index (χ0n) is 11.7. The van der Waals surface area contributed by atoms with E-state index in [0.717, 1.165) is 0 Å². The van der Waals surface area contributed by atoms with Crippen LogP contribution in [0.15, 0.2) is 12.1 Å². The van der Waals surface area contributed by atoms with Crippen molar-refractivity contribution in [2.75, 3.05) is 0 Å². The van der Waals surface area contributed by atoms with Gasteiger partial charge in [0.1, 0.15) is 0 Å². The van der Waals surface area contributed by atoms with Crippen LogP contribution in [0.5, 0.6) is 0 Å². The van der Waals surface area contributed by atoms with Crippen LogP contribution < -0.4 is 0 Å². The van der Waals surface area contributed by atoms with Gasteiger partial charge < -0.3 is 0 Å². The highest BCUT2D eigenvalue weighted by Crippen LogP contribution is 2.54. The molecule has 1 aliphatic rings. The molecule has 18 heavy (non-hydrogen) atoms. The molecule has 0 saturated heterocycles. The van der Waals surface area contributed by atoms with Crippen molar-refractivity contribution in [3.05, 3.63) is 33.0 Å². The van der Waals surface area contributed by atoms with Gasteiger partial charge in [0.15, 0.2) is 0 Å². The van der Waals surface area contributed by atoms with Crippen LogP contribution in [0.2, 0.25) is 0 Å². The minimum atomic E-state index is 0.600. The summed E-state index contributed by atoms with van der Waals surface area (Å²) in [6.07, 6.45) is 0. The summed E-state index contributed by atoms with van der Waals surface area (Å²) in [5.74, 6) is 1.91. The number of hydrogen-bond acceptors (Lipinski definition) is 2. The van der Waals surface area contributed by atoms with Crippen molar-refractivity contribution in [1.29, 1.82) is 0 Å². The van der Waals surface area contributed by atoms with Gasteiger partial charge in [-0.25, -0.2) is 0 Å². The van der Waals surface area contributed by atoms with Crippen LogP contribution in [-0.2, 0) is 0 Å². The summed E-state index contributed by atoms with van der Waals surface area (Å²) in [5.41, 5.74) is 3.14. The molecule has 0 nitrogen and oxygen atoms in total. The first-order chi connectivity index (χ1) is 8.49. The van der Waals surface area contributed by atoms with E-state index in [4.69, 9.17) is 0 Å². The molecule has 0 atom stereocenters. The van der Waals surface area contributed by atoms with Gasteiger partial charge in [-0.2, -0.15) is 0 Å². The van der Waals surface area contributed by atoms with Gasteiger partial charge in [-0.05, 0) is 35.1 Å². The Balaban J connectivity index is 2.13. The molecule has 0 bridgehead atoms. The Kier molecular flexibility index (Phi) is 2.91. The molecule has 0 aromatic carbocycles. The fourth-order valence-electron chi connectivity index (χ4n) is 2.58. The van der Waals surface area contributed by atoms with Gasteiger partial charge in [0.05, 0.1) is 0 Å². The Labute approximate surface area is 118 Å². The smallest absolute Gasteiger partial charge is 0.0486 e. The minimum Gasteiger partial charge on any atom is -0.139 e. The van der Waals surface area contributed by atoms with Crippen molar-refractivity contribution in [2.24, 2.45) is 0 Å². The number of hydrogen-bond donors (Lipinski definition) is 0. The van der Waals surface area contributed by atoms with Crippen LogP contribution in [-0.4, -0.2) is 0 Å². The molecular weight excluding hydrogens is 256 g/mol. The lowest BCUT2D eigenvalue weighted by molar-refractivity contribution is 0.875. The predicted octanol–water partition coefficient (Wildman–Crippen LogP) is 6.19. The average Bonchev–Trinajstić information content (AvgIpc) is 2.95. The molecule has 2 heterocycles. The van der Waals surface area contributed by atoms with E-state index in [-0.39, 0.29) is 0 Å². The molecule has 2 aromatic rings. The molecule has 0 unspecified atom stereocenters. The highest BCUT2D eigenvalue weighted by molar-refractivity contribution is 7.22. The maximum atomic E-state index is 2.44. The third-order valence-corrected chi connectivity index (χ3v) is 6.90. The zero-order valence-corrected chi connectivity index (χ0v) is 13.3. The van der Waals surface area contributed by atoms with E-state index in [2.05, 4.69) is 46.8 Å². The maximum absolute atomic E-state index is 2.44. The molecule has 3 rings (SSSR count). The fraction of sp³-hybridized carbons (Fsp3) is 0.500. The van der Waals surface area contributed by atoms with Gasteiger partial charge in [0, 0.05) is 25.4 Å². The maximum Gasteiger partial charge on any atom is 0.0486 e. The van der Waals surface area contributed by atoms with Crippen LogP contribution in [0.4, 0.5) is 0 Å². The Morgan fingerprint density at radius 2 is 1.22 bits per heavy atom. The summed E-state index contributed by atoms with van der Waals surface area (Å²) in [6.45, 7) is 11.5. The highest BCUT2D eigenvalue weighted by atomic mass is 32.1. The monoisotopic (exact) mass is 276 g/mol. The van der Waals surface area contributed by atoms with Gasteiger partial charge in [-0.15, -0.1) is 22.7 Å². The Morgan fingerprint density at radius 1 is 0.833 bits per heavy atom. The van der Waals surface area contributed by atoms with E-state index in [0.29, 0.717) is 17.8 Å². The standard InChI is InChI=1S/C16H20S2/c1-8(2)13-6-11-10(5)12-7-14(9(3)4)18-16(12)15(11)17-13/h6-10H,1-5H3. The largest absolute Gasteiger partial charge is 0.139 e. The van der Waals surface area contributed by atoms with Crippen LogP contribution in [0.3, 0.4) is 0 Å². The molecule has 0 radical (unpaired) electrons. The third kappa shape index (κ3) is 1.70. The molecule has 0 N–H and O–H groups in total. The fourth-order valence-corrected chi connectivity index (χ4v) is 5.28. The Hall–Kier alpha value is -0.600. The predicted molar refractivity (Wildman–Crippen MR) is 83.3 cm³/mol. The van der Waals surface area contributed by atoms with E-state index < -0.39 is 0 Å². The van der Waals surface area contributed by atoms with E-state index in [1.54, 1.807) is 20.9 Å². The van der Waals surface area contributed by atoms with Crippen LogP contribution in [0, 0.1) is 0 Å². The summed E-state index contributed by atoms with van der Waals surface area (Å²) >= 11 is 4.02. The van der Waals surface area contributed by atoms with Gasteiger partial charge in [-0.3, -0.25) is 0 Å². The van der Waals surface area contributed by atoms with Crippen molar-refractivity contribution in [3.8, 4) is 9.75 Å². The van der Waals surface area contributed by atoms with Gasteiger partial charge in [0.25, 0.3) is 0 Å². The van der Waals surface area contributed by atoms with Crippen molar-refractivity contribution in [3.63, 3.8) is 0 Å². The molecular formula is C16H20S2. The summed E-state index contributed by atoms with van der Waals surface area (Å²) in [7, 11) is 0. The number of fused-ring (bicyclic) bond motifs is 3. The SMILES string of the molecule is CC(C)c1cc2c(s1)-c1sc(C(C)C)cc1C2C. The highest BCUT2D eigenvalue weighted by Gasteiger charge is 2.31. The molecule has 0 saturated carbocycles. The van der Waals surface area contributed by atoms with Crippen LogP contribution >= 0.6 is 22.7 Å². The van der Waals surface area contributed by atoms with E-state index in [1.165, 1.54) is 9.75 Å². The van der Waals surface area contributed by atoms with Gasteiger partial charge >= 0.3 is 0 Å². The molecule has 0 spiro atoms. The van der Waals surface area contributed by atoms with Crippen molar-refractivity contribution >= 4 is 22.7 Å².